The zero-order valence-electron chi connectivity index (χ0n) is 12.9. The van der Waals surface area contributed by atoms with Gasteiger partial charge in [-0.25, -0.2) is 0 Å². The number of aliphatic hydroxyl groups excluding tert-OH is 1. The smallest absolute Gasteiger partial charge is 0.0613 e. The van der Waals surface area contributed by atoms with Crippen molar-refractivity contribution in [3.63, 3.8) is 0 Å². The molecule has 4 heteroatoms. The third-order valence-electron chi connectivity index (χ3n) is 4.10. The standard InChI is InChI=1S/C17H26ClNOS/c1-13(2)19-17(12-20)9-3-4-16(10-17)21-11-14-5-7-15(18)8-6-14/h5-8,13,16,19-20H,3-4,9-12H2,1-2H3. The molecule has 118 valence electrons. The second-order valence-electron chi connectivity index (χ2n) is 6.39. The summed E-state index contributed by atoms with van der Waals surface area (Å²) in [7, 11) is 0. The van der Waals surface area contributed by atoms with Gasteiger partial charge in [0.1, 0.15) is 0 Å². The second kappa shape index (κ2) is 7.87. The Hall–Kier alpha value is -0.220. The summed E-state index contributed by atoms with van der Waals surface area (Å²) in [5, 5.41) is 14.8. The third-order valence-corrected chi connectivity index (χ3v) is 5.72. The van der Waals surface area contributed by atoms with Crippen molar-refractivity contribution in [1.29, 1.82) is 0 Å². The molecule has 0 aliphatic heterocycles. The molecular weight excluding hydrogens is 302 g/mol. The Balaban J connectivity index is 1.89. The van der Waals surface area contributed by atoms with Gasteiger partial charge in [0, 0.05) is 27.6 Å². The molecule has 2 N–H and O–H groups in total. The van der Waals surface area contributed by atoms with Gasteiger partial charge in [0.05, 0.1) is 6.61 Å². The molecule has 0 heterocycles. The van der Waals surface area contributed by atoms with E-state index in [0.717, 1.165) is 23.6 Å². The number of benzene rings is 1. The Labute approximate surface area is 137 Å². The lowest BCUT2D eigenvalue weighted by Crippen LogP contribution is -2.54. The van der Waals surface area contributed by atoms with Crippen molar-refractivity contribution in [3.05, 3.63) is 34.9 Å². The van der Waals surface area contributed by atoms with Crippen molar-refractivity contribution in [3.8, 4) is 0 Å². The minimum Gasteiger partial charge on any atom is -0.394 e. The first-order valence-electron chi connectivity index (χ1n) is 7.78. The minimum atomic E-state index is -0.0793. The van der Waals surface area contributed by atoms with E-state index < -0.39 is 0 Å². The van der Waals surface area contributed by atoms with Crippen molar-refractivity contribution >= 4 is 23.4 Å². The lowest BCUT2D eigenvalue weighted by molar-refractivity contribution is 0.115. The van der Waals surface area contributed by atoms with E-state index in [-0.39, 0.29) is 12.1 Å². The van der Waals surface area contributed by atoms with Crippen molar-refractivity contribution in [2.45, 2.75) is 62.1 Å². The third kappa shape index (κ3) is 5.17. The molecule has 2 unspecified atom stereocenters. The summed E-state index contributed by atoms with van der Waals surface area (Å²) in [6.07, 6.45) is 4.58. The van der Waals surface area contributed by atoms with Crippen LogP contribution in [0.4, 0.5) is 0 Å². The van der Waals surface area contributed by atoms with Crippen molar-refractivity contribution in [2.75, 3.05) is 6.61 Å². The van der Waals surface area contributed by atoms with Crippen LogP contribution in [0.5, 0.6) is 0 Å². The number of aliphatic hydroxyl groups is 1. The molecule has 0 bridgehead atoms. The maximum atomic E-state index is 9.84. The van der Waals surface area contributed by atoms with Gasteiger partial charge in [0.15, 0.2) is 0 Å². The van der Waals surface area contributed by atoms with Crippen LogP contribution in [-0.4, -0.2) is 28.5 Å². The number of rotatable bonds is 6. The number of hydrogen-bond acceptors (Lipinski definition) is 3. The molecular formula is C17H26ClNOS. The lowest BCUT2D eigenvalue weighted by atomic mass is 9.81. The van der Waals surface area contributed by atoms with Crippen LogP contribution in [0.15, 0.2) is 24.3 Å². The van der Waals surface area contributed by atoms with Gasteiger partial charge in [-0.2, -0.15) is 11.8 Å². The van der Waals surface area contributed by atoms with Gasteiger partial charge < -0.3 is 10.4 Å². The zero-order chi connectivity index (χ0) is 15.3. The van der Waals surface area contributed by atoms with Crippen LogP contribution in [0.2, 0.25) is 5.02 Å². The average Bonchev–Trinajstić information content (AvgIpc) is 2.46. The Bertz CT molecular complexity index is 437. The zero-order valence-corrected chi connectivity index (χ0v) is 14.5. The van der Waals surface area contributed by atoms with Gasteiger partial charge in [0.2, 0.25) is 0 Å². The van der Waals surface area contributed by atoms with Crippen molar-refractivity contribution in [1.82, 2.24) is 5.32 Å². The van der Waals surface area contributed by atoms with Crippen LogP contribution in [0.3, 0.4) is 0 Å². The van der Waals surface area contributed by atoms with Gasteiger partial charge in [-0.15, -0.1) is 0 Å². The summed E-state index contributed by atoms with van der Waals surface area (Å²) >= 11 is 7.93. The van der Waals surface area contributed by atoms with Gasteiger partial charge >= 0.3 is 0 Å². The SMILES string of the molecule is CC(C)NC1(CO)CCCC(SCc2ccc(Cl)cc2)C1. The van der Waals surface area contributed by atoms with Crippen LogP contribution < -0.4 is 5.32 Å². The van der Waals surface area contributed by atoms with E-state index in [1.807, 2.05) is 23.9 Å². The molecule has 21 heavy (non-hydrogen) atoms. The number of halogens is 1. The van der Waals surface area contributed by atoms with E-state index in [4.69, 9.17) is 11.6 Å². The minimum absolute atomic E-state index is 0.0793. The quantitative estimate of drug-likeness (QED) is 0.819. The lowest BCUT2D eigenvalue weighted by Gasteiger charge is -2.41. The van der Waals surface area contributed by atoms with E-state index in [2.05, 4.69) is 31.3 Å². The fourth-order valence-electron chi connectivity index (χ4n) is 3.18. The van der Waals surface area contributed by atoms with Gasteiger partial charge in [-0.05, 0) is 37.0 Å². The molecule has 2 rings (SSSR count). The summed E-state index contributed by atoms with van der Waals surface area (Å²) in [5.74, 6) is 1.02. The van der Waals surface area contributed by atoms with Crippen LogP contribution >= 0.6 is 23.4 Å². The fraction of sp³-hybridized carbons (Fsp3) is 0.647. The number of thioether (sulfide) groups is 1. The number of hydrogen-bond donors (Lipinski definition) is 2. The van der Waals surface area contributed by atoms with Crippen molar-refractivity contribution < 1.29 is 5.11 Å². The average molecular weight is 328 g/mol. The Kier molecular flexibility index (Phi) is 6.42. The molecule has 2 atom stereocenters. The van der Waals surface area contributed by atoms with Crippen LogP contribution in [-0.2, 0) is 5.75 Å². The summed E-state index contributed by atoms with van der Waals surface area (Å²) in [6, 6.07) is 8.53. The molecule has 1 fully saturated rings. The first kappa shape index (κ1) is 17.1. The van der Waals surface area contributed by atoms with E-state index in [0.29, 0.717) is 11.3 Å². The molecule has 1 aromatic carbocycles. The normalized spacial score (nSPS) is 26.2. The van der Waals surface area contributed by atoms with Crippen molar-refractivity contribution in [2.24, 2.45) is 0 Å². The Morgan fingerprint density at radius 3 is 2.71 bits per heavy atom. The van der Waals surface area contributed by atoms with Gasteiger partial charge in [-0.1, -0.05) is 44.0 Å². The van der Waals surface area contributed by atoms with Crippen LogP contribution in [0.1, 0.15) is 45.1 Å². The second-order valence-corrected chi connectivity index (χ2v) is 8.12. The predicted molar refractivity (Wildman–Crippen MR) is 93.1 cm³/mol. The fourth-order valence-corrected chi connectivity index (χ4v) is 4.69. The first-order chi connectivity index (χ1) is 10.0. The topological polar surface area (TPSA) is 32.3 Å². The Morgan fingerprint density at radius 1 is 1.38 bits per heavy atom. The highest BCUT2D eigenvalue weighted by molar-refractivity contribution is 7.99. The molecule has 1 aromatic rings. The summed E-state index contributed by atoms with van der Waals surface area (Å²) in [6.45, 7) is 4.55. The molecule has 1 aliphatic rings. The monoisotopic (exact) mass is 327 g/mol. The maximum absolute atomic E-state index is 9.84. The molecule has 0 spiro atoms. The molecule has 0 aromatic heterocycles. The highest BCUT2D eigenvalue weighted by atomic mass is 35.5. The molecule has 0 amide bonds. The highest BCUT2D eigenvalue weighted by Crippen LogP contribution is 2.36. The predicted octanol–water partition coefficient (Wildman–Crippen LogP) is 4.24. The molecule has 1 saturated carbocycles. The summed E-state index contributed by atoms with van der Waals surface area (Å²) in [4.78, 5) is 0. The highest BCUT2D eigenvalue weighted by Gasteiger charge is 2.36. The summed E-state index contributed by atoms with van der Waals surface area (Å²) < 4.78 is 0. The molecule has 0 saturated heterocycles. The van der Waals surface area contributed by atoms with E-state index >= 15 is 0 Å². The van der Waals surface area contributed by atoms with E-state index in [1.54, 1.807) is 0 Å². The van der Waals surface area contributed by atoms with E-state index in [1.165, 1.54) is 18.4 Å². The molecule has 0 radical (unpaired) electrons. The van der Waals surface area contributed by atoms with Crippen LogP contribution in [0, 0.1) is 0 Å². The largest absolute Gasteiger partial charge is 0.394 e. The first-order valence-corrected chi connectivity index (χ1v) is 9.20. The van der Waals surface area contributed by atoms with E-state index in [9.17, 15) is 5.11 Å². The van der Waals surface area contributed by atoms with Gasteiger partial charge in [-0.3, -0.25) is 0 Å². The number of nitrogens with one attached hydrogen (secondary N) is 1. The maximum Gasteiger partial charge on any atom is 0.0613 e. The van der Waals surface area contributed by atoms with Crippen LogP contribution in [0.25, 0.3) is 0 Å². The van der Waals surface area contributed by atoms with Gasteiger partial charge in [0.25, 0.3) is 0 Å². The summed E-state index contributed by atoms with van der Waals surface area (Å²) in [5.41, 5.74) is 1.24. The molecule has 2 nitrogen and oxygen atoms in total. The molecule has 1 aliphatic carbocycles. The Morgan fingerprint density at radius 2 is 2.10 bits per heavy atom.